The molecule has 2 aliphatic rings. The number of carbonyl (C=O) groups is 2. The molecule has 8 heteroatoms. The Morgan fingerprint density at radius 1 is 1.30 bits per heavy atom. The normalized spacial score (nSPS) is 21.6. The number of carbonyl (C=O) groups excluding carboxylic acids is 2. The second-order valence-corrected chi connectivity index (χ2v) is 7.30. The second-order valence-electron chi connectivity index (χ2n) is 7.30. The molecule has 1 atom stereocenters. The maximum absolute atomic E-state index is 12.9. The van der Waals surface area contributed by atoms with E-state index in [2.05, 4.69) is 5.32 Å². The minimum atomic E-state index is -4.42. The molecule has 148 valence electrons. The molecule has 27 heavy (non-hydrogen) atoms. The first kappa shape index (κ1) is 19.7. The van der Waals surface area contributed by atoms with Gasteiger partial charge in [0.05, 0.1) is 11.5 Å². The lowest BCUT2D eigenvalue weighted by Gasteiger charge is -2.33. The summed E-state index contributed by atoms with van der Waals surface area (Å²) in [5, 5.41) is 3.25. The van der Waals surface area contributed by atoms with Gasteiger partial charge >= 0.3 is 6.18 Å². The molecule has 1 aromatic carbocycles. The van der Waals surface area contributed by atoms with Crippen LogP contribution in [0.5, 0.6) is 0 Å². The summed E-state index contributed by atoms with van der Waals surface area (Å²) in [6, 6.07) is 5.15. The highest BCUT2D eigenvalue weighted by atomic mass is 19.4. The lowest BCUT2D eigenvalue weighted by Crippen LogP contribution is -2.46. The van der Waals surface area contributed by atoms with Crippen LogP contribution in [0, 0.1) is 5.92 Å². The number of likely N-dealkylation sites (tertiary alicyclic amines) is 1. The van der Waals surface area contributed by atoms with Gasteiger partial charge in [0.2, 0.25) is 11.8 Å². The largest absolute Gasteiger partial charge is 0.416 e. The van der Waals surface area contributed by atoms with Gasteiger partial charge in [-0.2, -0.15) is 13.2 Å². The van der Waals surface area contributed by atoms with E-state index in [1.54, 1.807) is 18.0 Å². The van der Waals surface area contributed by atoms with E-state index in [-0.39, 0.29) is 37.4 Å². The Bertz CT molecular complexity index is 702. The first-order valence-corrected chi connectivity index (χ1v) is 9.17. The SMILES string of the molecule is CN(C(=O)C1CC(=O)N(Cc2cccc(C(F)(F)F)c2)C1)C1CCNCC1. The van der Waals surface area contributed by atoms with Crippen LogP contribution >= 0.6 is 0 Å². The highest BCUT2D eigenvalue weighted by Gasteiger charge is 2.37. The Labute approximate surface area is 156 Å². The highest BCUT2D eigenvalue weighted by molar-refractivity contribution is 5.89. The second kappa shape index (κ2) is 7.88. The van der Waals surface area contributed by atoms with Crippen molar-refractivity contribution in [1.29, 1.82) is 0 Å². The van der Waals surface area contributed by atoms with Crippen molar-refractivity contribution < 1.29 is 22.8 Å². The third-order valence-electron chi connectivity index (χ3n) is 5.40. The Hall–Kier alpha value is -2.09. The Kier molecular flexibility index (Phi) is 5.74. The molecule has 0 bridgehead atoms. The zero-order chi connectivity index (χ0) is 19.6. The molecule has 1 unspecified atom stereocenters. The van der Waals surface area contributed by atoms with Crippen molar-refractivity contribution >= 4 is 11.8 Å². The number of rotatable bonds is 4. The number of piperidine rings is 1. The number of benzene rings is 1. The predicted molar refractivity (Wildman–Crippen MR) is 93.6 cm³/mol. The lowest BCUT2D eigenvalue weighted by molar-refractivity contribution is -0.138. The Balaban J connectivity index is 1.63. The summed E-state index contributed by atoms with van der Waals surface area (Å²) in [6.45, 7) is 2.08. The van der Waals surface area contributed by atoms with Gasteiger partial charge in [0.25, 0.3) is 0 Å². The van der Waals surface area contributed by atoms with Gasteiger partial charge in [0.1, 0.15) is 0 Å². The topological polar surface area (TPSA) is 52.7 Å². The standard InChI is InChI=1S/C19H24F3N3O2/c1-24(16-5-7-23-8-6-16)18(27)14-10-17(26)25(12-14)11-13-3-2-4-15(9-13)19(20,21)22/h2-4,9,14,16,23H,5-8,10-12H2,1H3. The zero-order valence-corrected chi connectivity index (χ0v) is 15.3. The third kappa shape index (κ3) is 4.61. The zero-order valence-electron chi connectivity index (χ0n) is 15.3. The van der Waals surface area contributed by atoms with Gasteiger partial charge in [0.15, 0.2) is 0 Å². The Morgan fingerprint density at radius 2 is 2.00 bits per heavy atom. The maximum Gasteiger partial charge on any atom is 0.416 e. The summed E-state index contributed by atoms with van der Waals surface area (Å²) < 4.78 is 38.6. The van der Waals surface area contributed by atoms with Crippen molar-refractivity contribution in [2.75, 3.05) is 26.7 Å². The molecule has 2 fully saturated rings. The fourth-order valence-corrected chi connectivity index (χ4v) is 3.82. The van der Waals surface area contributed by atoms with Crippen LogP contribution in [0.1, 0.15) is 30.4 Å². The maximum atomic E-state index is 12.9. The van der Waals surface area contributed by atoms with E-state index in [0.717, 1.165) is 38.1 Å². The van der Waals surface area contributed by atoms with E-state index >= 15 is 0 Å². The Morgan fingerprint density at radius 3 is 2.67 bits per heavy atom. The van der Waals surface area contributed by atoms with Crippen LogP contribution in [-0.2, 0) is 22.3 Å². The van der Waals surface area contributed by atoms with Gasteiger partial charge in [0, 0.05) is 32.6 Å². The highest BCUT2D eigenvalue weighted by Crippen LogP contribution is 2.30. The van der Waals surface area contributed by atoms with Crippen LogP contribution in [0.2, 0.25) is 0 Å². The molecule has 2 aliphatic heterocycles. The van der Waals surface area contributed by atoms with Crippen molar-refractivity contribution in [1.82, 2.24) is 15.1 Å². The molecule has 2 saturated heterocycles. The van der Waals surface area contributed by atoms with E-state index in [4.69, 9.17) is 0 Å². The van der Waals surface area contributed by atoms with Gasteiger partial charge in [-0.15, -0.1) is 0 Å². The molecule has 1 N–H and O–H groups in total. The van der Waals surface area contributed by atoms with Crippen LogP contribution in [0.25, 0.3) is 0 Å². The minimum absolute atomic E-state index is 0.0539. The third-order valence-corrected chi connectivity index (χ3v) is 5.40. The molecular formula is C19H24F3N3O2. The van der Waals surface area contributed by atoms with Crippen molar-refractivity contribution in [3.05, 3.63) is 35.4 Å². The van der Waals surface area contributed by atoms with E-state index < -0.39 is 17.7 Å². The molecule has 3 rings (SSSR count). The molecular weight excluding hydrogens is 359 g/mol. The number of nitrogens with zero attached hydrogens (tertiary/aromatic N) is 2. The quantitative estimate of drug-likeness (QED) is 0.868. The smallest absolute Gasteiger partial charge is 0.342 e. The van der Waals surface area contributed by atoms with Gasteiger partial charge in [-0.05, 0) is 43.6 Å². The van der Waals surface area contributed by atoms with E-state index in [1.165, 1.54) is 11.0 Å². The van der Waals surface area contributed by atoms with Crippen molar-refractivity contribution in [2.45, 2.75) is 38.0 Å². The molecule has 0 aliphatic carbocycles. The molecule has 1 aromatic rings. The summed E-state index contributed by atoms with van der Waals surface area (Å²) >= 11 is 0. The fourth-order valence-electron chi connectivity index (χ4n) is 3.82. The molecule has 0 aromatic heterocycles. The van der Waals surface area contributed by atoms with E-state index in [1.807, 2.05) is 0 Å². The number of amides is 2. The molecule has 0 saturated carbocycles. The van der Waals surface area contributed by atoms with Gasteiger partial charge in [-0.1, -0.05) is 12.1 Å². The van der Waals surface area contributed by atoms with E-state index in [9.17, 15) is 22.8 Å². The number of halogens is 3. The van der Waals surface area contributed by atoms with Gasteiger partial charge in [-0.25, -0.2) is 0 Å². The molecule has 5 nitrogen and oxygen atoms in total. The fraction of sp³-hybridized carbons (Fsp3) is 0.579. The average Bonchev–Trinajstić information content (AvgIpc) is 3.01. The van der Waals surface area contributed by atoms with Crippen molar-refractivity contribution in [3.63, 3.8) is 0 Å². The average molecular weight is 383 g/mol. The first-order chi connectivity index (χ1) is 12.8. The van der Waals surface area contributed by atoms with Crippen LogP contribution in [-0.4, -0.2) is 54.3 Å². The van der Waals surface area contributed by atoms with Crippen LogP contribution in [0.3, 0.4) is 0 Å². The lowest BCUT2D eigenvalue weighted by atomic mass is 10.0. The number of hydrogen-bond donors (Lipinski definition) is 1. The molecule has 0 spiro atoms. The predicted octanol–water partition coefficient (Wildman–Crippen LogP) is 2.26. The van der Waals surface area contributed by atoms with Gasteiger partial charge in [-0.3, -0.25) is 9.59 Å². The summed E-state index contributed by atoms with van der Waals surface area (Å²) in [5.41, 5.74) is -0.317. The minimum Gasteiger partial charge on any atom is -0.342 e. The summed E-state index contributed by atoms with van der Waals surface area (Å²) in [7, 11) is 1.78. The number of hydrogen-bond acceptors (Lipinski definition) is 3. The summed E-state index contributed by atoms with van der Waals surface area (Å²) in [4.78, 5) is 28.3. The summed E-state index contributed by atoms with van der Waals surface area (Å²) in [6.07, 6.45) is -2.53. The van der Waals surface area contributed by atoms with E-state index in [0.29, 0.717) is 5.56 Å². The van der Waals surface area contributed by atoms with Crippen LogP contribution in [0.15, 0.2) is 24.3 Å². The monoisotopic (exact) mass is 383 g/mol. The van der Waals surface area contributed by atoms with Crippen LogP contribution < -0.4 is 5.32 Å². The van der Waals surface area contributed by atoms with Gasteiger partial charge < -0.3 is 15.1 Å². The van der Waals surface area contributed by atoms with Crippen LogP contribution in [0.4, 0.5) is 13.2 Å². The first-order valence-electron chi connectivity index (χ1n) is 9.17. The molecule has 2 heterocycles. The number of nitrogens with one attached hydrogen (secondary N) is 1. The summed E-state index contributed by atoms with van der Waals surface area (Å²) in [5.74, 6) is -0.672. The molecule has 0 radical (unpaired) electrons. The van der Waals surface area contributed by atoms with Crippen molar-refractivity contribution in [2.24, 2.45) is 5.92 Å². The number of alkyl halides is 3. The molecule has 2 amide bonds. The van der Waals surface area contributed by atoms with Crippen molar-refractivity contribution in [3.8, 4) is 0 Å².